The Morgan fingerprint density at radius 2 is 1.81 bits per heavy atom. The first-order valence-electron chi connectivity index (χ1n) is 6.96. The molecule has 1 saturated carbocycles. The number of hydrogen-bond donors (Lipinski definition) is 3. The molecule has 0 radical (unpaired) electrons. The Kier molecular flexibility index (Phi) is 4.84. The molecule has 6 nitrogen and oxygen atoms in total. The maximum Gasteiger partial charge on any atom is 0.329 e. The van der Waals surface area contributed by atoms with Gasteiger partial charge in [-0.3, -0.25) is 0 Å². The molecule has 0 aromatic heterocycles. The first kappa shape index (κ1) is 15.8. The molecule has 0 aliphatic heterocycles. The van der Waals surface area contributed by atoms with Gasteiger partial charge in [0.25, 0.3) is 10.0 Å². The fraction of sp³-hybridized carbons (Fsp3) is 0.500. The standard InChI is InChI=1S/C14H20N2O4S/c1-10-6-8-11(9-7-10)21(19,20)16-14(18)15-12-4-2-3-5-13(12)17/h6-9,12-13,17H,2-5H2,1H3,(H2,15,16,18). The minimum Gasteiger partial charge on any atom is -0.391 e. The maximum atomic E-state index is 12.0. The molecule has 21 heavy (non-hydrogen) atoms. The SMILES string of the molecule is Cc1ccc(S(=O)(=O)NC(=O)NC2CCCCC2O)cc1. The van der Waals surface area contributed by atoms with Crippen molar-refractivity contribution < 1.29 is 18.3 Å². The zero-order chi connectivity index (χ0) is 15.5. The first-order valence-corrected chi connectivity index (χ1v) is 8.45. The van der Waals surface area contributed by atoms with Gasteiger partial charge in [-0.2, -0.15) is 0 Å². The van der Waals surface area contributed by atoms with E-state index in [0.29, 0.717) is 12.8 Å². The Morgan fingerprint density at radius 1 is 1.19 bits per heavy atom. The van der Waals surface area contributed by atoms with Gasteiger partial charge in [-0.1, -0.05) is 30.5 Å². The van der Waals surface area contributed by atoms with E-state index in [1.165, 1.54) is 12.1 Å². The Balaban J connectivity index is 1.99. The molecule has 1 aliphatic carbocycles. The van der Waals surface area contributed by atoms with Crippen molar-refractivity contribution in [3.8, 4) is 0 Å². The highest BCUT2D eigenvalue weighted by Crippen LogP contribution is 2.18. The van der Waals surface area contributed by atoms with E-state index in [1.807, 2.05) is 11.6 Å². The van der Waals surface area contributed by atoms with Gasteiger partial charge < -0.3 is 10.4 Å². The third-order valence-electron chi connectivity index (χ3n) is 3.60. The van der Waals surface area contributed by atoms with Crippen LogP contribution in [-0.2, 0) is 10.0 Å². The molecule has 1 fully saturated rings. The van der Waals surface area contributed by atoms with Gasteiger partial charge in [0.15, 0.2) is 0 Å². The number of urea groups is 1. The molecule has 2 amide bonds. The fourth-order valence-corrected chi connectivity index (χ4v) is 3.29. The summed E-state index contributed by atoms with van der Waals surface area (Å²) in [6.45, 7) is 1.85. The zero-order valence-electron chi connectivity index (χ0n) is 11.9. The Bertz CT molecular complexity index is 598. The van der Waals surface area contributed by atoms with Crippen LogP contribution in [0.5, 0.6) is 0 Å². The predicted molar refractivity (Wildman–Crippen MR) is 78.3 cm³/mol. The van der Waals surface area contributed by atoms with E-state index in [4.69, 9.17) is 0 Å². The highest BCUT2D eigenvalue weighted by molar-refractivity contribution is 7.90. The van der Waals surface area contributed by atoms with Gasteiger partial charge in [0.1, 0.15) is 0 Å². The molecule has 2 rings (SSSR count). The Labute approximate surface area is 124 Å². The van der Waals surface area contributed by atoms with Gasteiger partial charge in [-0.05, 0) is 31.9 Å². The second kappa shape index (κ2) is 6.44. The number of rotatable bonds is 3. The minimum absolute atomic E-state index is 0.0347. The zero-order valence-corrected chi connectivity index (χ0v) is 12.7. The molecule has 2 unspecified atom stereocenters. The number of carbonyl (C=O) groups is 1. The van der Waals surface area contributed by atoms with Crippen LogP contribution in [0.3, 0.4) is 0 Å². The molecule has 1 aromatic rings. The lowest BCUT2D eigenvalue weighted by atomic mass is 9.93. The fourth-order valence-electron chi connectivity index (χ4n) is 2.38. The lowest BCUT2D eigenvalue weighted by molar-refractivity contribution is 0.0948. The van der Waals surface area contributed by atoms with Crippen molar-refractivity contribution in [1.29, 1.82) is 0 Å². The van der Waals surface area contributed by atoms with Gasteiger partial charge in [-0.15, -0.1) is 0 Å². The van der Waals surface area contributed by atoms with E-state index < -0.39 is 28.2 Å². The summed E-state index contributed by atoms with van der Waals surface area (Å²) >= 11 is 0. The highest BCUT2D eigenvalue weighted by Gasteiger charge is 2.26. The van der Waals surface area contributed by atoms with Gasteiger partial charge in [0.2, 0.25) is 0 Å². The highest BCUT2D eigenvalue weighted by atomic mass is 32.2. The van der Waals surface area contributed by atoms with Crippen molar-refractivity contribution in [2.24, 2.45) is 0 Å². The molecule has 1 aliphatic rings. The average Bonchev–Trinajstić information content (AvgIpc) is 2.41. The summed E-state index contributed by atoms with van der Waals surface area (Å²) < 4.78 is 26.1. The number of carbonyl (C=O) groups excluding carboxylic acids is 1. The second-order valence-electron chi connectivity index (χ2n) is 5.35. The van der Waals surface area contributed by atoms with Gasteiger partial charge in [0.05, 0.1) is 17.0 Å². The molecule has 0 spiro atoms. The summed E-state index contributed by atoms with van der Waals surface area (Å²) in [5, 5.41) is 12.3. The smallest absolute Gasteiger partial charge is 0.329 e. The summed E-state index contributed by atoms with van der Waals surface area (Å²) in [4.78, 5) is 11.8. The normalized spacial score (nSPS) is 22.6. The van der Waals surface area contributed by atoms with Crippen LogP contribution in [0.2, 0.25) is 0 Å². The van der Waals surface area contributed by atoms with E-state index in [-0.39, 0.29) is 4.90 Å². The summed E-state index contributed by atoms with van der Waals surface area (Å²) in [6.07, 6.45) is 2.48. The van der Waals surface area contributed by atoms with E-state index in [2.05, 4.69) is 5.32 Å². The lowest BCUT2D eigenvalue weighted by Gasteiger charge is -2.28. The van der Waals surface area contributed by atoms with Crippen molar-refractivity contribution >= 4 is 16.1 Å². The van der Waals surface area contributed by atoms with Crippen LogP contribution in [-0.4, -0.2) is 31.7 Å². The number of nitrogens with one attached hydrogen (secondary N) is 2. The maximum absolute atomic E-state index is 12.0. The summed E-state index contributed by atoms with van der Waals surface area (Å²) in [7, 11) is -3.89. The minimum atomic E-state index is -3.89. The molecule has 7 heteroatoms. The molecule has 0 heterocycles. The first-order chi connectivity index (χ1) is 9.88. The average molecular weight is 312 g/mol. The van der Waals surface area contributed by atoms with Crippen LogP contribution in [0.25, 0.3) is 0 Å². The van der Waals surface area contributed by atoms with Crippen molar-refractivity contribution in [1.82, 2.24) is 10.0 Å². The van der Waals surface area contributed by atoms with E-state index in [9.17, 15) is 18.3 Å². The van der Waals surface area contributed by atoms with Gasteiger partial charge >= 0.3 is 6.03 Å². The molecule has 116 valence electrons. The second-order valence-corrected chi connectivity index (χ2v) is 7.03. The number of benzene rings is 1. The van der Waals surface area contributed by atoms with Gasteiger partial charge in [-0.25, -0.2) is 17.9 Å². The van der Waals surface area contributed by atoms with Crippen LogP contribution in [0.1, 0.15) is 31.2 Å². The molecular weight excluding hydrogens is 292 g/mol. The van der Waals surface area contributed by atoms with Crippen molar-refractivity contribution in [3.05, 3.63) is 29.8 Å². The third-order valence-corrected chi connectivity index (χ3v) is 4.95. The Morgan fingerprint density at radius 3 is 2.43 bits per heavy atom. The van der Waals surface area contributed by atoms with Crippen LogP contribution in [0.15, 0.2) is 29.2 Å². The van der Waals surface area contributed by atoms with Crippen LogP contribution < -0.4 is 10.0 Å². The molecule has 0 bridgehead atoms. The largest absolute Gasteiger partial charge is 0.391 e. The summed E-state index contributed by atoms with van der Waals surface area (Å²) in [6, 6.07) is 5.02. The number of hydrogen-bond acceptors (Lipinski definition) is 4. The van der Waals surface area contributed by atoms with E-state index in [0.717, 1.165) is 18.4 Å². The number of aryl methyl sites for hydroxylation is 1. The molecule has 3 N–H and O–H groups in total. The topological polar surface area (TPSA) is 95.5 Å². The predicted octanol–water partition coefficient (Wildman–Crippen LogP) is 1.29. The van der Waals surface area contributed by atoms with Crippen LogP contribution in [0.4, 0.5) is 4.79 Å². The monoisotopic (exact) mass is 312 g/mol. The quantitative estimate of drug-likeness (QED) is 0.783. The number of sulfonamides is 1. The van der Waals surface area contributed by atoms with E-state index >= 15 is 0 Å². The Hall–Kier alpha value is -1.60. The van der Waals surface area contributed by atoms with Crippen LogP contribution >= 0.6 is 0 Å². The van der Waals surface area contributed by atoms with Crippen molar-refractivity contribution in [2.45, 2.75) is 49.6 Å². The number of amides is 2. The molecule has 0 saturated heterocycles. The number of aliphatic hydroxyl groups is 1. The van der Waals surface area contributed by atoms with Crippen molar-refractivity contribution in [3.63, 3.8) is 0 Å². The molecule has 1 aromatic carbocycles. The third kappa shape index (κ3) is 4.18. The van der Waals surface area contributed by atoms with Crippen molar-refractivity contribution in [2.75, 3.05) is 0 Å². The summed E-state index contributed by atoms with van der Waals surface area (Å²) in [5.74, 6) is 0. The molecular formula is C14H20N2O4S. The van der Waals surface area contributed by atoms with E-state index in [1.54, 1.807) is 12.1 Å². The molecule has 2 atom stereocenters. The lowest BCUT2D eigenvalue weighted by Crippen LogP contribution is -2.50. The number of aliphatic hydroxyl groups excluding tert-OH is 1. The van der Waals surface area contributed by atoms with Gasteiger partial charge in [0, 0.05) is 0 Å². The summed E-state index contributed by atoms with van der Waals surface area (Å²) in [5.41, 5.74) is 0.934. The van der Waals surface area contributed by atoms with Crippen LogP contribution in [0, 0.1) is 6.92 Å².